The van der Waals surface area contributed by atoms with Crippen LogP contribution in [0.1, 0.15) is 16.7 Å². The van der Waals surface area contributed by atoms with E-state index in [1.807, 2.05) is 37.3 Å². The van der Waals surface area contributed by atoms with Gasteiger partial charge in [0.1, 0.15) is 35.0 Å². The third-order valence-corrected chi connectivity index (χ3v) is 5.03. The van der Waals surface area contributed by atoms with Gasteiger partial charge in [-0.25, -0.2) is 14.4 Å². The highest BCUT2D eigenvalue weighted by Gasteiger charge is 2.10. The molecule has 29 heavy (non-hydrogen) atoms. The van der Waals surface area contributed by atoms with E-state index in [-0.39, 0.29) is 11.3 Å². The summed E-state index contributed by atoms with van der Waals surface area (Å²) in [6, 6.07) is 16.2. The first-order valence-corrected chi connectivity index (χ1v) is 9.55. The number of aryl methyl sites for hydroxylation is 2. The van der Waals surface area contributed by atoms with Gasteiger partial charge < -0.3 is 10.1 Å². The van der Waals surface area contributed by atoms with E-state index in [1.165, 1.54) is 18.0 Å². The maximum absolute atomic E-state index is 14.0. The predicted molar refractivity (Wildman–Crippen MR) is 114 cm³/mol. The number of benzene rings is 3. The Balaban J connectivity index is 1.62. The molecule has 0 aliphatic heterocycles. The van der Waals surface area contributed by atoms with E-state index >= 15 is 0 Å². The third-order valence-electron chi connectivity index (χ3n) is 4.79. The summed E-state index contributed by atoms with van der Waals surface area (Å²) in [5, 5.41) is 4.47. The fourth-order valence-electron chi connectivity index (χ4n) is 3.06. The summed E-state index contributed by atoms with van der Waals surface area (Å²) in [7, 11) is 0. The first kappa shape index (κ1) is 19.2. The fraction of sp³-hybridized carbons (Fsp3) is 0.130. The molecule has 146 valence electrons. The van der Waals surface area contributed by atoms with E-state index in [0.29, 0.717) is 28.5 Å². The van der Waals surface area contributed by atoms with Crippen molar-refractivity contribution < 1.29 is 9.13 Å². The number of hydrogen-bond donors (Lipinski definition) is 1. The number of nitrogens with zero attached hydrogens (tertiary/aromatic N) is 2. The summed E-state index contributed by atoms with van der Waals surface area (Å²) in [4.78, 5) is 8.29. The van der Waals surface area contributed by atoms with Gasteiger partial charge in [0.25, 0.3) is 0 Å². The van der Waals surface area contributed by atoms with Gasteiger partial charge in [-0.2, -0.15) is 0 Å². The minimum Gasteiger partial charge on any atom is -0.457 e. The Hall–Kier alpha value is -3.18. The van der Waals surface area contributed by atoms with Crippen molar-refractivity contribution in [3.8, 4) is 11.5 Å². The minimum absolute atomic E-state index is 0.280. The number of fused-ring (bicyclic) bond motifs is 1. The van der Waals surface area contributed by atoms with Crippen molar-refractivity contribution in [1.82, 2.24) is 9.97 Å². The van der Waals surface area contributed by atoms with E-state index in [9.17, 15) is 4.39 Å². The van der Waals surface area contributed by atoms with Crippen LogP contribution in [0.3, 0.4) is 0 Å². The molecule has 1 heterocycles. The molecule has 0 radical (unpaired) electrons. The Morgan fingerprint density at radius 2 is 1.86 bits per heavy atom. The van der Waals surface area contributed by atoms with Crippen LogP contribution in [0.2, 0.25) is 5.02 Å². The Morgan fingerprint density at radius 1 is 1.00 bits per heavy atom. The molecule has 0 aliphatic carbocycles. The summed E-state index contributed by atoms with van der Waals surface area (Å²) in [5.41, 5.74) is 3.51. The number of halogens is 2. The highest BCUT2D eigenvalue weighted by molar-refractivity contribution is 6.30. The molecule has 0 atom stereocenters. The van der Waals surface area contributed by atoms with Crippen LogP contribution in [0.4, 0.5) is 10.2 Å². The maximum atomic E-state index is 14.0. The first-order chi connectivity index (χ1) is 14.0. The molecule has 3 aromatic carbocycles. The third kappa shape index (κ3) is 4.15. The van der Waals surface area contributed by atoms with Crippen LogP contribution in [0, 0.1) is 19.7 Å². The SMILES string of the molecule is Cc1ccc(Oc2ccc(Cl)cc2CNc2ncnc3c(F)cccc23)cc1C. The lowest BCUT2D eigenvalue weighted by molar-refractivity contribution is 0.476. The molecular formula is C23H19ClFN3O. The largest absolute Gasteiger partial charge is 0.457 e. The van der Waals surface area contributed by atoms with Gasteiger partial charge in [0.15, 0.2) is 0 Å². The van der Waals surface area contributed by atoms with Crippen molar-refractivity contribution >= 4 is 28.3 Å². The second-order valence-corrected chi connectivity index (χ2v) is 7.25. The van der Waals surface area contributed by atoms with Crippen LogP contribution in [0.5, 0.6) is 11.5 Å². The second-order valence-electron chi connectivity index (χ2n) is 6.81. The predicted octanol–water partition coefficient (Wildman–Crippen LogP) is 6.44. The average molecular weight is 408 g/mol. The molecule has 4 nitrogen and oxygen atoms in total. The topological polar surface area (TPSA) is 47.0 Å². The van der Waals surface area contributed by atoms with Gasteiger partial charge in [-0.3, -0.25) is 0 Å². The summed E-state index contributed by atoms with van der Waals surface area (Å²) in [6.45, 7) is 4.51. The molecule has 1 aromatic heterocycles. The zero-order chi connectivity index (χ0) is 20.4. The number of rotatable bonds is 5. The molecule has 0 saturated heterocycles. The van der Waals surface area contributed by atoms with Gasteiger partial charge in [-0.1, -0.05) is 23.7 Å². The van der Waals surface area contributed by atoms with Gasteiger partial charge in [-0.15, -0.1) is 0 Å². The van der Waals surface area contributed by atoms with Crippen molar-refractivity contribution in [1.29, 1.82) is 0 Å². The molecule has 4 rings (SSSR count). The molecule has 0 bridgehead atoms. The normalized spacial score (nSPS) is 10.9. The summed E-state index contributed by atoms with van der Waals surface area (Å²) >= 11 is 6.20. The van der Waals surface area contributed by atoms with Gasteiger partial charge in [-0.05, 0) is 67.4 Å². The second kappa shape index (κ2) is 8.05. The molecule has 4 aromatic rings. The summed E-state index contributed by atoms with van der Waals surface area (Å²) in [5.74, 6) is 1.61. The highest BCUT2D eigenvalue weighted by Crippen LogP contribution is 2.30. The van der Waals surface area contributed by atoms with E-state index in [4.69, 9.17) is 16.3 Å². The molecular weight excluding hydrogens is 389 g/mol. The highest BCUT2D eigenvalue weighted by atomic mass is 35.5. The van der Waals surface area contributed by atoms with Crippen molar-refractivity contribution in [3.05, 3.63) is 88.5 Å². The van der Waals surface area contributed by atoms with Crippen LogP contribution in [-0.4, -0.2) is 9.97 Å². The Morgan fingerprint density at radius 3 is 2.69 bits per heavy atom. The molecule has 0 amide bonds. The Kier molecular flexibility index (Phi) is 5.32. The smallest absolute Gasteiger partial charge is 0.149 e. The van der Waals surface area contributed by atoms with Gasteiger partial charge in [0, 0.05) is 22.5 Å². The van der Waals surface area contributed by atoms with Crippen molar-refractivity contribution in [2.75, 3.05) is 5.32 Å². The number of ether oxygens (including phenoxy) is 1. The van der Waals surface area contributed by atoms with Crippen LogP contribution < -0.4 is 10.1 Å². The molecule has 0 fully saturated rings. The first-order valence-electron chi connectivity index (χ1n) is 9.18. The van der Waals surface area contributed by atoms with E-state index in [2.05, 4.69) is 22.2 Å². The number of nitrogens with one attached hydrogen (secondary N) is 1. The van der Waals surface area contributed by atoms with Crippen molar-refractivity contribution in [2.24, 2.45) is 0 Å². The van der Waals surface area contributed by atoms with Gasteiger partial charge in [0.2, 0.25) is 0 Å². The van der Waals surface area contributed by atoms with E-state index in [1.54, 1.807) is 18.2 Å². The van der Waals surface area contributed by atoms with Crippen molar-refractivity contribution in [3.63, 3.8) is 0 Å². The molecule has 0 aliphatic rings. The van der Waals surface area contributed by atoms with E-state index in [0.717, 1.165) is 16.9 Å². The average Bonchev–Trinajstić information content (AvgIpc) is 2.71. The van der Waals surface area contributed by atoms with Crippen LogP contribution in [0.25, 0.3) is 10.9 Å². The summed E-state index contributed by atoms with van der Waals surface area (Å²) < 4.78 is 20.1. The zero-order valence-corrected chi connectivity index (χ0v) is 16.8. The number of hydrogen-bond acceptors (Lipinski definition) is 4. The minimum atomic E-state index is -0.380. The zero-order valence-electron chi connectivity index (χ0n) is 16.0. The lowest BCUT2D eigenvalue weighted by Gasteiger charge is -2.14. The van der Waals surface area contributed by atoms with Crippen LogP contribution >= 0.6 is 11.6 Å². The maximum Gasteiger partial charge on any atom is 0.149 e. The fourth-order valence-corrected chi connectivity index (χ4v) is 3.26. The van der Waals surface area contributed by atoms with Crippen LogP contribution in [0.15, 0.2) is 60.9 Å². The lowest BCUT2D eigenvalue weighted by Crippen LogP contribution is -2.04. The Bertz CT molecular complexity index is 1200. The Labute approximate surface area is 173 Å². The molecule has 0 spiro atoms. The van der Waals surface area contributed by atoms with Crippen LogP contribution in [-0.2, 0) is 6.54 Å². The van der Waals surface area contributed by atoms with Crippen molar-refractivity contribution in [2.45, 2.75) is 20.4 Å². The number of anilines is 1. The van der Waals surface area contributed by atoms with Gasteiger partial charge >= 0.3 is 0 Å². The molecule has 6 heteroatoms. The van der Waals surface area contributed by atoms with E-state index < -0.39 is 0 Å². The standard InChI is InChI=1S/C23H19ClFN3O/c1-14-6-8-18(10-15(14)2)29-21-9-7-17(24)11-16(21)12-26-23-19-4-3-5-20(25)22(19)27-13-28-23/h3-11,13H,12H2,1-2H3,(H,26,27,28). The molecule has 0 unspecified atom stereocenters. The lowest BCUT2D eigenvalue weighted by atomic mass is 10.1. The monoisotopic (exact) mass is 407 g/mol. The molecule has 0 saturated carbocycles. The van der Waals surface area contributed by atoms with Gasteiger partial charge in [0.05, 0.1) is 0 Å². The molecule has 1 N–H and O–H groups in total. The number of para-hydroxylation sites is 1. The summed E-state index contributed by atoms with van der Waals surface area (Å²) in [6.07, 6.45) is 1.35. The number of aromatic nitrogens is 2. The quantitative estimate of drug-likeness (QED) is 0.413.